The quantitative estimate of drug-likeness (QED) is 0.497. The number of rotatable bonds is 5. The molecule has 0 aliphatic rings. The Morgan fingerprint density at radius 3 is 2.57 bits per heavy atom. The summed E-state index contributed by atoms with van der Waals surface area (Å²) in [6, 6.07) is 7.66. The van der Waals surface area contributed by atoms with E-state index in [1.165, 1.54) is 10.6 Å². The average molecular weight is 379 g/mol. The van der Waals surface area contributed by atoms with E-state index in [-0.39, 0.29) is 12.1 Å². The number of nitrogens with zero attached hydrogens (tertiary/aromatic N) is 5. The highest BCUT2D eigenvalue weighted by Crippen LogP contribution is 2.22. The first-order chi connectivity index (χ1) is 13.5. The summed E-state index contributed by atoms with van der Waals surface area (Å²) < 4.78 is 11.7. The lowest BCUT2D eigenvalue weighted by atomic mass is 10.3. The molecule has 0 aliphatic carbocycles. The summed E-state index contributed by atoms with van der Waals surface area (Å²) in [4.78, 5) is 30.1. The number of benzene rings is 1. The highest BCUT2D eigenvalue weighted by atomic mass is 16.5. The summed E-state index contributed by atoms with van der Waals surface area (Å²) in [6.45, 7) is 8.26. The number of hydrogen-bond donors (Lipinski definition) is 0. The van der Waals surface area contributed by atoms with E-state index in [2.05, 4.69) is 11.6 Å². The lowest BCUT2D eigenvalue weighted by Gasteiger charge is -2.08. The molecule has 0 saturated heterocycles. The SMILES string of the molecule is C=CCn1c(=O)c2c(nc3n(-c4ccc(OCC)cc4)c(C)cn23)n(C)c1=O. The molecule has 0 amide bonds. The van der Waals surface area contributed by atoms with Crippen LogP contribution in [0.25, 0.3) is 22.6 Å². The van der Waals surface area contributed by atoms with Gasteiger partial charge in [-0.2, -0.15) is 4.98 Å². The summed E-state index contributed by atoms with van der Waals surface area (Å²) in [6.07, 6.45) is 3.38. The van der Waals surface area contributed by atoms with Gasteiger partial charge in [0.1, 0.15) is 5.75 Å². The number of aryl methyl sites for hydroxylation is 2. The minimum Gasteiger partial charge on any atom is -0.494 e. The molecule has 0 aliphatic heterocycles. The van der Waals surface area contributed by atoms with Gasteiger partial charge in [0, 0.05) is 31.2 Å². The van der Waals surface area contributed by atoms with Crippen LogP contribution in [0.2, 0.25) is 0 Å². The summed E-state index contributed by atoms with van der Waals surface area (Å²) >= 11 is 0. The van der Waals surface area contributed by atoms with Gasteiger partial charge in [-0.05, 0) is 38.1 Å². The van der Waals surface area contributed by atoms with Crippen molar-refractivity contribution in [2.75, 3.05) is 6.61 Å². The second-order valence-electron chi connectivity index (χ2n) is 6.53. The van der Waals surface area contributed by atoms with Gasteiger partial charge < -0.3 is 4.74 Å². The zero-order valence-corrected chi connectivity index (χ0v) is 16.0. The van der Waals surface area contributed by atoms with E-state index >= 15 is 0 Å². The Labute approximate surface area is 160 Å². The molecule has 0 saturated carbocycles. The van der Waals surface area contributed by atoms with Gasteiger partial charge in [-0.3, -0.25) is 22.9 Å². The molecule has 144 valence electrons. The summed E-state index contributed by atoms with van der Waals surface area (Å²) in [5.74, 6) is 1.36. The number of allylic oxidation sites excluding steroid dienone is 1. The Kier molecular flexibility index (Phi) is 4.18. The number of aromatic nitrogens is 5. The van der Waals surface area contributed by atoms with Gasteiger partial charge in [-0.15, -0.1) is 6.58 Å². The molecule has 8 nitrogen and oxygen atoms in total. The van der Waals surface area contributed by atoms with E-state index in [0.29, 0.717) is 23.5 Å². The molecule has 1 aromatic carbocycles. The predicted molar refractivity (Wildman–Crippen MR) is 108 cm³/mol. The Morgan fingerprint density at radius 1 is 1.21 bits per heavy atom. The van der Waals surface area contributed by atoms with Crippen LogP contribution < -0.4 is 16.0 Å². The smallest absolute Gasteiger partial charge is 0.332 e. The van der Waals surface area contributed by atoms with Crippen LogP contribution in [0, 0.1) is 6.92 Å². The first kappa shape index (κ1) is 17.8. The maximum absolute atomic E-state index is 13.0. The molecule has 0 unspecified atom stereocenters. The summed E-state index contributed by atoms with van der Waals surface area (Å²) in [5, 5.41) is 0. The highest BCUT2D eigenvalue weighted by Gasteiger charge is 2.20. The van der Waals surface area contributed by atoms with Gasteiger partial charge in [0.2, 0.25) is 5.78 Å². The number of hydrogen-bond acceptors (Lipinski definition) is 4. The minimum atomic E-state index is -0.414. The largest absolute Gasteiger partial charge is 0.494 e. The first-order valence-electron chi connectivity index (χ1n) is 9.02. The molecule has 0 radical (unpaired) electrons. The molecule has 28 heavy (non-hydrogen) atoms. The van der Waals surface area contributed by atoms with E-state index in [1.54, 1.807) is 11.4 Å². The molecule has 0 spiro atoms. The Balaban J connectivity index is 2.02. The van der Waals surface area contributed by atoms with Gasteiger partial charge >= 0.3 is 5.69 Å². The van der Waals surface area contributed by atoms with Crippen LogP contribution in [0.1, 0.15) is 12.6 Å². The van der Waals surface area contributed by atoms with Crippen LogP contribution in [0.15, 0.2) is 52.7 Å². The van der Waals surface area contributed by atoms with Crippen LogP contribution in [0.4, 0.5) is 0 Å². The monoisotopic (exact) mass is 379 g/mol. The summed E-state index contributed by atoms with van der Waals surface area (Å²) in [7, 11) is 1.62. The first-order valence-corrected chi connectivity index (χ1v) is 9.02. The molecule has 0 N–H and O–H groups in total. The van der Waals surface area contributed by atoms with Crippen LogP contribution >= 0.6 is 0 Å². The number of imidazole rings is 2. The molecule has 3 aromatic heterocycles. The van der Waals surface area contributed by atoms with Crippen molar-refractivity contribution in [2.24, 2.45) is 7.05 Å². The van der Waals surface area contributed by atoms with Gasteiger partial charge in [-0.25, -0.2) is 4.79 Å². The van der Waals surface area contributed by atoms with Crippen molar-refractivity contribution in [3.63, 3.8) is 0 Å². The van der Waals surface area contributed by atoms with Gasteiger partial charge in [0.05, 0.1) is 6.61 Å². The molecule has 0 atom stereocenters. The average Bonchev–Trinajstić information content (AvgIpc) is 3.19. The maximum Gasteiger partial charge on any atom is 0.332 e. The predicted octanol–water partition coefficient (Wildman–Crippen LogP) is 2.03. The molecule has 8 heteroatoms. The fraction of sp³-hybridized carbons (Fsp3) is 0.250. The van der Waals surface area contributed by atoms with E-state index in [4.69, 9.17) is 4.74 Å². The minimum absolute atomic E-state index is 0.146. The molecule has 0 fully saturated rings. The van der Waals surface area contributed by atoms with Crippen molar-refractivity contribution in [3.8, 4) is 11.4 Å². The summed E-state index contributed by atoms with van der Waals surface area (Å²) in [5.41, 5.74) is 1.73. The maximum atomic E-state index is 13.0. The Bertz CT molecular complexity index is 1320. The van der Waals surface area contributed by atoms with Crippen molar-refractivity contribution in [2.45, 2.75) is 20.4 Å². The van der Waals surface area contributed by atoms with Gasteiger partial charge in [0.25, 0.3) is 5.56 Å². The third-order valence-electron chi connectivity index (χ3n) is 4.74. The molecule has 4 rings (SSSR count). The third kappa shape index (κ3) is 2.49. The topological polar surface area (TPSA) is 75.5 Å². The van der Waals surface area contributed by atoms with E-state index in [1.807, 2.05) is 48.9 Å². The van der Waals surface area contributed by atoms with Gasteiger partial charge in [0.15, 0.2) is 11.2 Å². The van der Waals surface area contributed by atoms with Crippen LogP contribution in [-0.2, 0) is 13.6 Å². The fourth-order valence-electron chi connectivity index (χ4n) is 3.48. The third-order valence-corrected chi connectivity index (χ3v) is 4.74. The van der Waals surface area contributed by atoms with Crippen molar-refractivity contribution < 1.29 is 4.74 Å². The Hall–Kier alpha value is -3.55. The molecule has 4 aromatic rings. The Morgan fingerprint density at radius 2 is 1.93 bits per heavy atom. The second kappa shape index (κ2) is 6.56. The van der Waals surface area contributed by atoms with E-state index in [9.17, 15) is 9.59 Å². The molecular weight excluding hydrogens is 358 g/mol. The van der Waals surface area contributed by atoms with Crippen molar-refractivity contribution in [1.29, 1.82) is 0 Å². The van der Waals surface area contributed by atoms with Gasteiger partial charge in [-0.1, -0.05) is 6.08 Å². The van der Waals surface area contributed by atoms with E-state index in [0.717, 1.165) is 21.7 Å². The lowest BCUT2D eigenvalue weighted by molar-refractivity contribution is 0.340. The van der Waals surface area contributed by atoms with Crippen LogP contribution in [0.5, 0.6) is 5.75 Å². The molecule has 3 heterocycles. The van der Waals surface area contributed by atoms with Crippen molar-refractivity contribution >= 4 is 16.9 Å². The zero-order valence-electron chi connectivity index (χ0n) is 16.0. The van der Waals surface area contributed by atoms with Crippen molar-refractivity contribution in [3.05, 3.63) is 69.6 Å². The second-order valence-corrected chi connectivity index (χ2v) is 6.53. The van der Waals surface area contributed by atoms with Crippen LogP contribution in [0.3, 0.4) is 0 Å². The fourth-order valence-corrected chi connectivity index (χ4v) is 3.48. The number of ether oxygens (including phenoxy) is 1. The number of fused-ring (bicyclic) bond motifs is 3. The van der Waals surface area contributed by atoms with Crippen molar-refractivity contribution in [1.82, 2.24) is 23.1 Å². The highest BCUT2D eigenvalue weighted by molar-refractivity contribution is 5.76. The normalized spacial score (nSPS) is 11.4. The standard InChI is InChI=1S/C20H21N5O3/c1-5-11-23-18(26)16-17(22(4)20(23)27)21-19-24(16)12-13(3)25(19)14-7-9-15(10-8-14)28-6-2/h5,7-10,12H,1,6,11H2,2-4H3. The lowest BCUT2D eigenvalue weighted by Crippen LogP contribution is -2.39. The van der Waals surface area contributed by atoms with E-state index < -0.39 is 5.69 Å². The van der Waals surface area contributed by atoms with Crippen LogP contribution in [-0.4, -0.2) is 29.7 Å². The molecule has 0 bridgehead atoms. The zero-order chi connectivity index (χ0) is 20.0. The molecular formula is C20H21N5O3.